The van der Waals surface area contributed by atoms with Crippen LogP contribution in [-0.4, -0.2) is 46.7 Å². The molecule has 0 bridgehead atoms. The summed E-state index contributed by atoms with van der Waals surface area (Å²) < 4.78 is 6.93. The number of ether oxygens (including phenoxy) is 1. The second-order valence-corrected chi connectivity index (χ2v) is 9.07. The molecule has 0 spiro atoms. The van der Waals surface area contributed by atoms with E-state index >= 15 is 0 Å². The predicted molar refractivity (Wildman–Crippen MR) is 135 cm³/mol. The fourth-order valence-electron chi connectivity index (χ4n) is 4.03. The van der Waals surface area contributed by atoms with E-state index in [-0.39, 0.29) is 24.4 Å². The fourth-order valence-corrected chi connectivity index (χ4v) is 4.94. The zero-order chi connectivity index (χ0) is 23.5. The van der Waals surface area contributed by atoms with Crippen molar-refractivity contribution >= 4 is 39.0 Å². The molecule has 1 saturated heterocycles. The minimum absolute atomic E-state index is 0.134. The number of hydrogen-bond donors (Lipinski definition) is 1. The molecule has 1 amide bonds. The van der Waals surface area contributed by atoms with E-state index < -0.39 is 0 Å². The van der Waals surface area contributed by atoms with Crippen LogP contribution in [0.4, 0.5) is 11.5 Å². The van der Waals surface area contributed by atoms with Gasteiger partial charge in [0.15, 0.2) is 5.82 Å². The predicted octanol–water partition coefficient (Wildman–Crippen LogP) is 3.69. The van der Waals surface area contributed by atoms with Gasteiger partial charge in [-0.3, -0.25) is 14.2 Å². The number of anilines is 2. The van der Waals surface area contributed by atoms with Gasteiger partial charge in [0.1, 0.15) is 4.83 Å². The van der Waals surface area contributed by atoms with E-state index in [0.29, 0.717) is 29.1 Å². The van der Waals surface area contributed by atoms with Crippen molar-refractivity contribution in [1.82, 2.24) is 14.5 Å². The van der Waals surface area contributed by atoms with Crippen LogP contribution in [0.1, 0.15) is 12.0 Å². The first kappa shape index (κ1) is 22.2. The number of carbonyl (C=O) groups excluding carboxylic acids is 1. The van der Waals surface area contributed by atoms with Crippen LogP contribution in [0, 0.1) is 6.92 Å². The minimum Gasteiger partial charge on any atom is -0.378 e. The van der Waals surface area contributed by atoms with Gasteiger partial charge in [0.2, 0.25) is 5.91 Å². The molecular weight excluding hydrogens is 450 g/mol. The summed E-state index contributed by atoms with van der Waals surface area (Å²) in [4.78, 5) is 37.7. The number of pyridine rings is 1. The lowest BCUT2D eigenvalue weighted by Gasteiger charge is -2.29. The zero-order valence-electron chi connectivity index (χ0n) is 18.9. The van der Waals surface area contributed by atoms with E-state index in [1.54, 1.807) is 12.3 Å². The van der Waals surface area contributed by atoms with Crippen LogP contribution >= 0.6 is 11.3 Å². The summed E-state index contributed by atoms with van der Waals surface area (Å²) in [7, 11) is 0. The Bertz CT molecular complexity index is 1370. The van der Waals surface area contributed by atoms with Crippen LogP contribution < -0.4 is 15.8 Å². The minimum atomic E-state index is -0.182. The van der Waals surface area contributed by atoms with Crippen LogP contribution in [-0.2, 0) is 16.1 Å². The van der Waals surface area contributed by atoms with Crippen molar-refractivity contribution in [2.75, 3.05) is 36.5 Å². The van der Waals surface area contributed by atoms with Gasteiger partial charge in [0.05, 0.1) is 30.6 Å². The SMILES string of the molecule is Cc1ccc(-c2csc3ncn(CCC(=O)Nc4cccnc4N4CCOCC4)c(=O)c23)cc1. The van der Waals surface area contributed by atoms with Crippen molar-refractivity contribution in [2.45, 2.75) is 19.9 Å². The molecule has 0 atom stereocenters. The number of hydrogen-bond acceptors (Lipinski definition) is 7. The van der Waals surface area contributed by atoms with E-state index in [0.717, 1.165) is 35.6 Å². The Kier molecular flexibility index (Phi) is 6.37. The molecule has 5 rings (SSSR count). The summed E-state index contributed by atoms with van der Waals surface area (Å²) in [5, 5.41) is 5.52. The Morgan fingerprint density at radius 1 is 1.15 bits per heavy atom. The van der Waals surface area contributed by atoms with Gasteiger partial charge in [0, 0.05) is 43.2 Å². The Morgan fingerprint density at radius 3 is 2.74 bits per heavy atom. The van der Waals surface area contributed by atoms with Gasteiger partial charge >= 0.3 is 0 Å². The molecule has 0 saturated carbocycles. The third-order valence-electron chi connectivity index (χ3n) is 5.87. The number of nitrogens with zero attached hydrogens (tertiary/aromatic N) is 4. The number of aromatic nitrogens is 3. The molecule has 174 valence electrons. The van der Waals surface area contributed by atoms with Crippen molar-refractivity contribution in [3.05, 3.63) is 70.2 Å². The highest BCUT2D eigenvalue weighted by Gasteiger charge is 2.18. The topological polar surface area (TPSA) is 89.3 Å². The molecule has 4 aromatic rings. The van der Waals surface area contributed by atoms with Gasteiger partial charge in [-0.1, -0.05) is 29.8 Å². The number of benzene rings is 1. The highest BCUT2D eigenvalue weighted by Crippen LogP contribution is 2.30. The monoisotopic (exact) mass is 475 g/mol. The highest BCUT2D eigenvalue weighted by atomic mass is 32.1. The number of amides is 1. The Balaban J connectivity index is 1.32. The lowest BCUT2D eigenvalue weighted by Crippen LogP contribution is -2.37. The fraction of sp³-hybridized carbons (Fsp3) is 0.280. The molecular formula is C25H25N5O3S. The van der Waals surface area contributed by atoms with Gasteiger partial charge in [0.25, 0.3) is 5.56 Å². The quantitative estimate of drug-likeness (QED) is 0.458. The smallest absolute Gasteiger partial charge is 0.262 e. The molecule has 0 unspecified atom stereocenters. The van der Waals surface area contributed by atoms with Gasteiger partial charge in [-0.05, 0) is 24.6 Å². The summed E-state index contributed by atoms with van der Waals surface area (Å²) in [5.74, 6) is 0.555. The van der Waals surface area contributed by atoms with Crippen molar-refractivity contribution in [1.29, 1.82) is 0 Å². The van der Waals surface area contributed by atoms with Crippen LogP contribution in [0.25, 0.3) is 21.3 Å². The van der Waals surface area contributed by atoms with Crippen molar-refractivity contribution < 1.29 is 9.53 Å². The molecule has 3 aromatic heterocycles. The third-order valence-corrected chi connectivity index (χ3v) is 6.76. The molecule has 1 N–H and O–H groups in total. The molecule has 0 aliphatic carbocycles. The Morgan fingerprint density at radius 2 is 1.94 bits per heavy atom. The molecule has 1 fully saturated rings. The number of aryl methyl sites for hydroxylation is 2. The second-order valence-electron chi connectivity index (χ2n) is 8.21. The average molecular weight is 476 g/mol. The first-order valence-corrected chi connectivity index (χ1v) is 12.1. The summed E-state index contributed by atoms with van der Waals surface area (Å²) in [6.45, 7) is 5.00. The summed E-state index contributed by atoms with van der Waals surface area (Å²) in [6.07, 6.45) is 3.39. The lowest BCUT2D eigenvalue weighted by atomic mass is 10.1. The maximum absolute atomic E-state index is 13.3. The number of thiophene rings is 1. The van der Waals surface area contributed by atoms with E-state index in [1.807, 2.05) is 42.6 Å². The van der Waals surface area contributed by atoms with Crippen LogP contribution in [0.3, 0.4) is 0 Å². The number of morpholine rings is 1. The summed E-state index contributed by atoms with van der Waals surface area (Å²) in [5.41, 5.74) is 3.55. The molecule has 9 heteroatoms. The van der Waals surface area contributed by atoms with Crippen molar-refractivity contribution in [3.63, 3.8) is 0 Å². The Hall–Kier alpha value is -3.56. The second kappa shape index (κ2) is 9.74. The summed E-state index contributed by atoms with van der Waals surface area (Å²) in [6, 6.07) is 11.7. The number of rotatable bonds is 6. The number of carbonyl (C=O) groups is 1. The molecule has 0 radical (unpaired) electrons. The Labute approximate surface area is 200 Å². The van der Waals surface area contributed by atoms with E-state index in [9.17, 15) is 9.59 Å². The summed E-state index contributed by atoms with van der Waals surface area (Å²) >= 11 is 1.45. The highest BCUT2D eigenvalue weighted by molar-refractivity contribution is 7.17. The first-order valence-electron chi connectivity index (χ1n) is 11.2. The van der Waals surface area contributed by atoms with Crippen molar-refractivity contribution in [3.8, 4) is 11.1 Å². The van der Waals surface area contributed by atoms with E-state index in [4.69, 9.17) is 4.74 Å². The van der Waals surface area contributed by atoms with Crippen LogP contribution in [0.5, 0.6) is 0 Å². The standard InChI is InChI=1S/C25H25N5O3S/c1-17-4-6-18(7-5-17)19-15-34-24-22(19)25(32)30(16-27-24)10-8-21(31)28-20-3-2-9-26-23(20)29-11-13-33-14-12-29/h2-7,9,15-16H,8,10-14H2,1H3,(H,28,31). The molecule has 1 aliphatic rings. The lowest BCUT2D eigenvalue weighted by molar-refractivity contribution is -0.116. The normalized spacial score (nSPS) is 13.9. The van der Waals surface area contributed by atoms with Crippen LogP contribution in [0.2, 0.25) is 0 Å². The molecule has 1 aromatic carbocycles. The van der Waals surface area contributed by atoms with Gasteiger partial charge in [-0.2, -0.15) is 0 Å². The maximum Gasteiger partial charge on any atom is 0.262 e. The third kappa shape index (κ3) is 4.57. The largest absolute Gasteiger partial charge is 0.378 e. The first-order chi connectivity index (χ1) is 16.6. The average Bonchev–Trinajstić information content (AvgIpc) is 3.30. The van der Waals surface area contributed by atoms with Gasteiger partial charge in [-0.15, -0.1) is 11.3 Å². The molecule has 8 nitrogen and oxygen atoms in total. The molecule has 34 heavy (non-hydrogen) atoms. The van der Waals surface area contributed by atoms with Crippen molar-refractivity contribution in [2.24, 2.45) is 0 Å². The van der Waals surface area contributed by atoms with Crippen LogP contribution in [0.15, 0.2) is 59.1 Å². The maximum atomic E-state index is 13.3. The van der Waals surface area contributed by atoms with E-state index in [1.165, 1.54) is 22.2 Å². The zero-order valence-corrected chi connectivity index (χ0v) is 19.7. The number of nitrogens with one attached hydrogen (secondary N) is 1. The van der Waals surface area contributed by atoms with E-state index in [2.05, 4.69) is 20.2 Å². The molecule has 1 aliphatic heterocycles. The van der Waals surface area contributed by atoms with Gasteiger partial charge in [-0.25, -0.2) is 9.97 Å². The number of fused-ring (bicyclic) bond motifs is 1. The molecule has 4 heterocycles. The van der Waals surface area contributed by atoms with Gasteiger partial charge < -0.3 is 15.0 Å².